The van der Waals surface area contributed by atoms with Gasteiger partial charge in [-0.1, -0.05) is 0 Å². The lowest BCUT2D eigenvalue weighted by Crippen LogP contribution is -2.31. The van der Waals surface area contributed by atoms with E-state index in [1.165, 1.54) is 12.4 Å². The maximum Gasteiger partial charge on any atom is 0.324 e. The Morgan fingerprint density at radius 3 is 2.73 bits per heavy atom. The lowest BCUT2D eigenvalue weighted by Gasteiger charge is -2.20. The summed E-state index contributed by atoms with van der Waals surface area (Å²) in [5, 5.41) is 7.45. The molecular formula is C19H21N5O2. The van der Waals surface area contributed by atoms with Crippen molar-refractivity contribution in [3.8, 4) is 5.75 Å². The third-order valence-electron chi connectivity index (χ3n) is 4.36. The van der Waals surface area contributed by atoms with Gasteiger partial charge in [-0.25, -0.2) is 4.79 Å². The quantitative estimate of drug-likeness (QED) is 0.782. The number of hydrogen-bond acceptors (Lipinski definition) is 5. The highest BCUT2D eigenvalue weighted by atomic mass is 16.5. The molecule has 1 aromatic heterocycles. The van der Waals surface area contributed by atoms with Crippen LogP contribution >= 0.6 is 0 Å². The molecule has 3 rings (SSSR count). The van der Waals surface area contributed by atoms with E-state index >= 15 is 0 Å². The van der Waals surface area contributed by atoms with Crippen molar-refractivity contribution in [1.82, 2.24) is 9.88 Å². The van der Waals surface area contributed by atoms with Crippen LogP contribution in [-0.4, -0.2) is 42.3 Å². The minimum atomic E-state index is -0.0433. The molecule has 0 bridgehead atoms. The lowest BCUT2D eigenvalue weighted by atomic mass is 10.1. The maximum atomic E-state index is 12.8. The van der Waals surface area contributed by atoms with Gasteiger partial charge < -0.3 is 20.8 Å². The molecule has 2 amide bonds. The number of amides is 2. The molecular weight excluding hydrogens is 330 g/mol. The molecule has 7 nitrogen and oxygen atoms in total. The number of carbonyl (C=O) groups excluding carboxylic acids is 1. The standard InChI is InChI=1S/C19H21N5O2/c1-26-18-10-16(2-3-17(18)15(11-20)12-21)24-9-8-23(19(24)25)13-14-4-6-22-7-5-14/h2-7,10-12,20H,8-9,13,21H2,1H3/b15-12+,20-11?. The molecule has 1 aliphatic heterocycles. The Balaban J connectivity index is 1.81. The zero-order valence-corrected chi connectivity index (χ0v) is 14.6. The summed E-state index contributed by atoms with van der Waals surface area (Å²) in [5.41, 5.74) is 8.65. The number of methoxy groups -OCH3 is 1. The second-order valence-electron chi connectivity index (χ2n) is 5.86. The van der Waals surface area contributed by atoms with Crippen molar-refractivity contribution < 1.29 is 9.53 Å². The van der Waals surface area contributed by atoms with Crippen LogP contribution in [0.25, 0.3) is 5.57 Å². The molecule has 1 aliphatic rings. The largest absolute Gasteiger partial charge is 0.496 e. The van der Waals surface area contributed by atoms with Crippen molar-refractivity contribution >= 4 is 23.5 Å². The Bertz CT molecular complexity index is 835. The summed E-state index contributed by atoms with van der Waals surface area (Å²) in [6, 6.07) is 9.24. The number of nitrogens with two attached hydrogens (primary N) is 1. The highest BCUT2D eigenvalue weighted by Crippen LogP contribution is 2.31. The number of nitrogens with zero attached hydrogens (tertiary/aromatic N) is 3. The first-order chi connectivity index (χ1) is 12.7. The normalized spacial score (nSPS) is 14.7. The third kappa shape index (κ3) is 3.37. The first-order valence-corrected chi connectivity index (χ1v) is 8.24. The highest BCUT2D eigenvalue weighted by Gasteiger charge is 2.30. The second kappa shape index (κ2) is 7.69. The smallest absolute Gasteiger partial charge is 0.324 e. The van der Waals surface area contributed by atoms with E-state index in [1.807, 2.05) is 24.3 Å². The molecule has 0 unspecified atom stereocenters. The number of benzene rings is 1. The fourth-order valence-electron chi connectivity index (χ4n) is 2.98. The van der Waals surface area contributed by atoms with Crippen LogP contribution < -0.4 is 15.4 Å². The van der Waals surface area contributed by atoms with Crippen LogP contribution in [0.4, 0.5) is 10.5 Å². The number of pyridine rings is 1. The molecule has 0 radical (unpaired) electrons. The van der Waals surface area contributed by atoms with Gasteiger partial charge in [0, 0.05) is 67.3 Å². The predicted octanol–water partition coefficient (Wildman–Crippen LogP) is 2.48. The first-order valence-electron chi connectivity index (χ1n) is 8.24. The molecule has 2 heterocycles. The Kier molecular flexibility index (Phi) is 5.17. The van der Waals surface area contributed by atoms with Crippen molar-refractivity contribution in [3.05, 3.63) is 60.1 Å². The average molecular weight is 351 g/mol. The number of aromatic nitrogens is 1. The van der Waals surface area contributed by atoms with Gasteiger partial charge in [0.2, 0.25) is 0 Å². The third-order valence-corrected chi connectivity index (χ3v) is 4.36. The summed E-state index contributed by atoms with van der Waals surface area (Å²) < 4.78 is 5.43. The van der Waals surface area contributed by atoms with E-state index in [0.29, 0.717) is 36.5 Å². The van der Waals surface area contributed by atoms with Gasteiger partial charge in [0.05, 0.1) is 7.11 Å². The highest BCUT2D eigenvalue weighted by molar-refractivity contribution is 6.09. The van der Waals surface area contributed by atoms with E-state index in [2.05, 4.69) is 4.98 Å². The summed E-state index contributed by atoms with van der Waals surface area (Å²) in [6.45, 7) is 1.82. The van der Waals surface area contributed by atoms with Gasteiger partial charge in [-0.05, 0) is 29.8 Å². The molecule has 7 heteroatoms. The molecule has 1 fully saturated rings. The van der Waals surface area contributed by atoms with Crippen molar-refractivity contribution in [2.45, 2.75) is 6.54 Å². The van der Waals surface area contributed by atoms with E-state index < -0.39 is 0 Å². The number of nitrogens with one attached hydrogen (secondary N) is 1. The Morgan fingerprint density at radius 1 is 1.31 bits per heavy atom. The van der Waals surface area contributed by atoms with E-state index in [-0.39, 0.29) is 6.03 Å². The average Bonchev–Trinajstić information content (AvgIpc) is 3.04. The van der Waals surface area contributed by atoms with E-state index in [9.17, 15) is 4.79 Å². The molecule has 1 saturated heterocycles. The van der Waals surface area contributed by atoms with Crippen LogP contribution in [0.5, 0.6) is 5.75 Å². The maximum absolute atomic E-state index is 12.8. The Morgan fingerprint density at radius 2 is 2.08 bits per heavy atom. The number of rotatable bonds is 6. The number of allylic oxidation sites excluding steroid dienone is 1. The molecule has 26 heavy (non-hydrogen) atoms. The van der Waals surface area contributed by atoms with Crippen molar-refractivity contribution in [1.29, 1.82) is 5.41 Å². The second-order valence-corrected chi connectivity index (χ2v) is 5.86. The number of carbonyl (C=O) groups is 1. The minimum absolute atomic E-state index is 0.0433. The molecule has 2 aromatic rings. The number of anilines is 1. The summed E-state index contributed by atoms with van der Waals surface area (Å²) in [6.07, 6.45) is 5.99. The molecule has 0 spiro atoms. The van der Waals surface area contributed by atoms with Crippen molar-refractivity contribution in [2.24, 2.45) is 5.73 Å². The number of hydrogen-bond donors (Lipinski definition) is 2. The van der Waals surface area contributed by atoms with Crippen LogP contribution in [0.2, 0.25) is 0 Å². The number of ether oxygens (including phenoxy) is 1. The SMILES string of the molecule is COc1cc(N2CCN(Cc3ccncc3)C2=O)ccc1/C(C=N)=C/N. The molecule has 3 N–H and O–H groups in total. The first kappa shape index (κ1) is 17.5. The summed E-state index contributed by atoms with van der Waals surface area (Å²) >= 11 is 0. The predicted molar refractivity (Wildman–Crippen MR) is 101 cm³/mol. The van der Waals surface area contributed by atoms with Gasteiger partial charge in [-0.2, -0.15) is 0 Å². The van der Waals surface area contributed by atoms with Gasteiger partial charge in [-0.15, -0.1) is 0 Å². The van der Waals surface area contributed by atoms with E-state index in [0.717, 1.165) is 11.3 Å². The summed E-state index contributed by atoms with van der Waals surface area (Å²) in [4.78, 5) is 20.3. The van der Waals surface area contributed by atoms with Gasteiger partial charge in [0.1, 0.15) is 5.75 Å². The molecule has 134 valence electrons. The topological polar surface area (TPSA) is 95.5 Å². The van der Waals surface area contributed by atoms with Gasteiger partial charge in [0.15, 0.2) is 0 Å². The van der Waals surface area contributed by atoms with Crippen molar-refractivity contribution in [3.63, 3.8) is 0 Å². The summed E-state index contributed by atoms with van der Waals surface area (Å²) in [7, 11) is 1.56. The van der Waals surface area contributed by atoms with Gasteiger partial charge >= 0.3 is 6.03 Å². The van der Waals surface area contributed by atoms with Crippen LogP contribution in [-0.2, 0) is 6.54 Å². The summed E-state index contributed by atoms with van der Waals surface area (Å²) in [5.74, 6) is 0.572. The molecule has 1 aromatic carbocycles. The Hall–Kier alpha value is -3.35. The Labute approximate surface area is 152 Å². The van der Waals surface area contributed by atoms with Gasteiger partial charge in [-0.3, -0.25) is 9.88 Å². The zero-order chi connectivity index (χ0) is 18.5. The van der Waals surface area contributed by atoms with Crippen LogP contribution in [0.1, 0.15) is 11.1 Å². The fourth-order valence-corrected chi connectivity index (χ4v) is 2.98. The monoisotopic (exact) mass is 351 g/mol. The lowest BCUT2D eigenvalue weighted by molar-refractivity contribution is 0.218. The van der Waals surface area contributed by atoms with Crippen LogP contribution in [0, 0.1) is 5.41 Å². The fraction of sp³-hybridized carbons (Fsp3) is 0.211. The molecule has 0 atom stereocenters. The van der Waals surface area contributed by atoms with Crippen molar-refractivity contribution in [2.75, 3.05) is 25.1 Å². The van der Waals surface area contributed by atoms with E-state index in [1.54, 1.807) is 35.4 Å². The zero-order valence-electron chi connectivity index (χ0n) is 14.6. The van der Waals surface area contributed by atoms with Gasteiger partial charge in [0.25, 0.3) is 0 Å². The molecule has 0 saturated carbocycles. The van der Waals surface area contributed by atoms with Crippen LogP contribution in [0.15, 0.2) is 48.9 Å². The van der Waals surface area contributed by atoms with E-state index in [4.69, 9.17) is 15.9 Å². The number of urea groups is 1. The molecule has 0 aliphatic carbocycles. The van der Waals surface area contributed by atoms with Crippen LogP contribution in [0.3, 0.4) is 0 Å². The minimum Gasteiger partial charge on any atom is -0.496 e.